The van der Waals surface area contributed by atoms with Gasteiger partial charge in [0.15, 0.2) is 5.65 Å². The molecule has 3 rings (SSSR count). The lowest BCUT2D eigenvalue weighted by molar-refractivity contribution is -0.0498. The highest BCUT2D eigenvalue weighted by Gasteiger charge is 2.15. The summed E-state index contributed by atoms with van der Waals surface area (Å²) >= 11 is 0. The highest BCUT2D eigenvalue weighted by atomic mass is 19.3. The van der Waals surface area contributed by atoms with E-state index in [4.69, 9.17) is 5.11 Å². The molecule has 112 valence electrons. The fourth-order valence-electron chi connectivity index (χ4n) is 2.07. The molecule has 0 spiro atoms. The van der Waals surface area contributed by atoms with E-state index in [-0.39, 0.29) is 17.0 Å². The number of aromatic nitrogens is 3. The van der Waals surface area contributed by atoms with Gasteiger partial charge in [0, 0.05) is 11.8 Å². The van der Waals surface area contributed by atoms with Crippen LogP contribution in [0, 0.1) is 0 Å². The van der Waals surface area contributed by atoms with Gasteiger partial charge in [-0.05, 0) is 30.3 Å². The maximum atomic E-state index is 12.1. The van der Waals surface area contributed by atoms with E-state index in [9.17, 15) is 13.6 Å². The van der Waals surface area contributed by atoms with Crippen LogP contribution in [0.15, 0.2) is 42.7 Å². The molecule has 0 saturated carbocycles. The van der Waals surface area contributed by atoms with E-state index in [1.54, 1.807) is 18.2 Å². The number of ether oxygens (including phenoxy) is 1. The lowest BCUT2D eigenvalue weighted by Gasteiger charge is -2.07. The minimum Gasteiger partial charge on any atom is -0.477 e. The van der Waals surface area contributed by atoms with E-state index in [1.807, 2.05) is 0 Å². The molecule has 0 saturated heterocycles. The Morgan fingerprint density at radius 1 is 1.23 bits per heavy atom. The fourth-order valence-corrected chi connectivity index (χ4v) is 2.07. The number of hydrogen-bond donors (Lipinski definition) is 1. The average Bonchev–Trinajstić information content (AvgIpc) is 2.91. The number of alkyl halides is 2. The van der Waals surface area contributed by atoms with Gasteiger partial charge in [-0.3, -0.25) is 0 Å². The minimum atomic E-state index is -2.89. The van der Waals surface area contributed by atoms with Gasteiger partial charge in [0.05, 0.1) is 11.9 Å². The summed E-state index contributed by atoms with van der Waals surface area (Å²) in [5.41, 5.74) is 1.44. The van der Waals surface area contributed by atoms with Crippen molar-refractivity contribution >= 4 is 11.6 Å². The van der Waals surface area contributed by atoms with Crippen molar-refractivity contribution in [3.63, 3.8) is 0 Å². The molecule has 2 aromatic heterocycles. The zero-order valence-corrected chi connectivity index (χ0v) is 11.0. The van der Waals surface area contributed by atoms with Gasteiger partial charge in [-0.2, -0.15) is 13.9 Å². The number of carboxylic acid groups (broad SMARTS) is 1. The minimum absolute atomic E-state index is 0.0143. The van der Waals surface area contributed by atoms with Crippen molar-refractivity contribution < 1.29 is 23.4 Å². The van der Waals surface area contributed by atoms with Crippen LogP contribution in [0.2, 0.25) is 0 Å². The first-order valence-corrected chi connectivity index (χ1v) is 6.17. The first-order valence-electron chi connectivity index (χ1n) is 6.17. The Morgan fingerprint density at radius 2 is 1.95 bits per heavy atom. The topological polar surface area (TPSA) is 76.7 Å². The van der Waals surface area contributed by atoms with Crippen LogP contribution in [0.25, 0.3) is 16.9 Å². The van der Waals surface area contributed by atoms with Crippen molar-refractivity contribution in [3.8, 4) is 17.0 Å². The van der Waals surface area contributed by atoms with Crippen LogP contribution in [-0.2, 0) is 0 Å². The molecule has 0 aliphatic rings. The molecule has 3 aromatic rings. The van der Waals surface area contributed by atoms with Crippen LogP contribution in [0.4, 0.5) is 8.78 Å². The van der Waals surface area contributed by atoms with E-state index in [0.29, 0.717) is 11.3 Å². The zero-order valence-electron chi connectivity index (χ0n) is 11.0. The van der Waals surface area contributed by atoms with Crippen molar-refractivity contribution in [2.45, 2.75) is 6.61 Å². The highest BCUT2D eigenvalue weighted by Crippen LogP contribution is 2.24. The Morgan fingerprint density at radius 3 is 2.59 bits per heavy atom. The zero-order chi connectivity index (χ0) is 15.7. The van der Waals surface area contributed by atoms with Crippen LogP contribution in [0.1, 0.15) is 10.4 Å². The lowest BCUT2D eigenvalue weighted by Crippen LogP contribution is -2.02. The first-order chi connectivity index (χ1) is 10.6. The van der Waals surface area contributed by atoms with Crippen LogP contribution in [0.5, 0.6) is 5.75 Å². The molecule has 0 aliphatic heterocycles. The molecular formula is C14H9F2N3O3. The number of rotatable bonds is 4. The number of nitrogens with zero attached hydrogens (tertiary/aromatic N) is 3. The number of carboxylic acids is 1. The number of fused-ring (bicyclic) bond motifs is 1. The maximum Gasteiger partial charge on any atom is 0.387 e. The van der Waals surface area contributed by atoms with Crippen LogP contribution >= 0.6 is 0 Å². The smallest absolute Gasteiger partial charge is 0.387 e. The van der Waals surface area contributed by atoms with Crippen molar-refractivity contribution in [2.24, 2.45) is 0 Å². The van der Waals surface area contributed by atoms with Gasteiger partial charge in [0.1, 0.15) is 11.3 Å². The molecule has 0 bridgehead atoms. The first kappa shape index (κ1) is 13.9. The van der Waals surface area contributed by atoms with E-state index < -0.39 is 12.6 Å². The molecule has 2 heterocycles. The molecule has 22 heavy (non-hydrogen) atoms. The van der Waals surface area contributed by atoms with E-state index in [0.717, 1.165) is 0 Å². The van der Waals surface area contributed by atoms with Crippen molar-refractivity contribution in [2.75, 3.05) is 0 Å². The highest BCUT2D eigenvalue weighted by molar-refractivity contribution is 5.94. The number of carbonyl (C=O) groups is 1. The van der Waals surface area contributed by atoms with Crippen molar-refractivity contribution in [1.82, 2.24) is 14.6 Å². The maximum absolute atomic E-state index is 12.1. The summed E-state index contributed by atoms with van der Waals surface area (Å²) in [6.45, 7) is -2.89. The van der Waals surface area contributed by atoms with Gasteiger partial charge in [0.2, 0.25) is 0 Å². The molecule has 6 nitrogen and oxygen atoms in total. The SMILES string of the molecule is O=C(O)c1cnn2c(-c3ccc(OC(F)F)cc3)ccnc12. The monoisotopic (exact) mass is 305 g/mol. The molecule has 1 N–H and O–H groups in total. The van der Waals surface area contributed by atoms with Gasteiger partial charge in [-0.1, -0.05) is 0 Å². The quantitative estimate of drug-likeness (QED) is 0.802. The summed E-state index contributed by atoms with van der Waals surface area (Å²) in [5.74, 6) is -1.09. The Balaban J connectivity index is 2.05. The lowest BCUT2D eigenvalue weighted by atomic mass is 10.1. The Hall–Kier alpha value is -3.03. The number of aromatic carboxylic acids is 1. The van der Waals surface area contributed by atoms with Gasteiger partial charge in [-0.15, -0.1) is 0 Å². The number of benzene rings is 1. The third-order valence-corrected chi connectivity index (χ3v) is 3.01. The van der Waals surface area contributed by atoms with Crippen LogP contribution in [0.3, 0.4) is 0 Å². The van der Waals surface area contributed by atoms with Crippen molar-refractivity contribution in [1.29, 1.82) is 0 Å². The van der Waals surface area contributed by atoms with E-state index in [2.05, 4.69) is 14.8 Å². The standard InChI is InChI=1S/C14H9F2N3O3/c15-14(16)22-9-3-1-8(2-4-9)11-5-6-17-12-10(13(20)21)7-18-19(11)12/h1-7,14H,(H,20,21). The Labute approximate surface area is 122 Å². The molecule has 0 amide bonds. The van der Waals surface area contributed by atoms with Gasteiger partial charge < -0.3 is 9.84 Å². The summed E-state index contributed by atoms with van der Waals surface area (Å²) in [6, 6.07) is 7.60. The molecule has 0 fully saturated rings. The third-order valence-electron chi connectivity index (χ3n) is 3.01. The van der Waals surface area contributed by atoms with E-state index in [1.165, 1.54) is 29.0 Å². The molecule has 0 unspecified atom stereocenters. The fraction of sp³-hybridized carbons (Fsp3) is 0.0714. The largest absolute Gasteiger partial charge is 0.477 e. The summed E-state index contributed by atoms with van der Waals surface area (Å²) in [7, 11) is 0. The average molecular weight is 305 g/mol. The molecule has 8 heteroatoms. The molecule has 0 atom stereocenters. The summed E-state index contributed by atoms with van der Waals surface area (Å²) in [5, 5.41) is 13.1. The molecule has 1 aromatic carbocycles. The van der Waals surface area contributed by atoms with Gasteiger partial charge >= 0.3 is 12.6 Å². The summed E-state index contributed by atoms with van der Waals surface area (Å²) in [4.78, 5) is 15.1. The Kier molecular flexibility index (Phi) is 3.42. The summed E-state index contributed by atoms with van der Waals surface area (Å²) in [6.07, 6.45) is 2.67. The van der Waals surface area contributed by atoms with Crippen LogP contribution < -0.4 is 4.74 Å². The summed E-state index contributed by atoms with van der Waals surface area (Å²) < 4.78 is 29.9. The number of halogens is 2. The predicted octanol–water partition coefficient (Wildman–Crippen LogP) is 2.70. The second kappa shape index (κ2) is 5.40. The molecular weight excluding hydrogens is 296 g/mol. The van der Waals surface area contributed by atoms with Crippen molar-refractivity contribution in [3.05, 3.63) is 48.3 Å². The van der Waals surface area contributed by atoms with Crippen LogP contribution in [-0.4, -0.2) is 32.3 Å². The molecule has 0 radical (unpaired) electrons. The number of hydrogen-bond acceptors (Lipinski definition) is 4. The van der Waals surface area contributed by atoms with E-state index >= 15 is 0 Å². The predicted molar refractivity (Wildman–Crippen MR) is 72.0 cm³/mol. The van der Waals surface area contributed by atoms with Gasteiger partial charge in [-0.25, -0.2) is 14.3 Å². The molecule has 0 aliphatic carbocycles. The van der Waals surface area contributed by atoms with Gasteiger partial charge in [0.25, 0.3) is 0 Å². The second-order valence-corrected chi connectivity index (χ2v) is 4.33. The normalized spacial score (nSPS) is 11.0. The Bertz CT molecular complexity index is 831. The second-order valence-electron chi connectivity index (χ2n) is 4.33. The third kappa shape index (κ3) is 2.46.